The summed E-state index contributed by atoms with van der Waals surface area (Å²) in [6.07, 6.45) is -0.00108. The van der Waals surface area contributed by atoms with Crippen molar-refractivity contribution in [3.05, 3.63) is 4.88 Å². The minimum Gasteiger partial charge on any atom is -0.486 e. The maximum Gasteiger partial charge on any atom is 0.263 e. The number of thiophene rings is 1. The molecule has 6 nitrogen and oxygen atoms in total. The van der Waals surface area contributed by atoms with Gasteiger partial charge in [0.15, 0.2) is 5.75 Å². The fraction of sp³-hybridized carbons (Fsp3) is 0.615. The number of rotatable bonds is 7. The summed E-state index contributed by atoms with van der Waals surface area (Å²) >= 11 is 1.32. The number of ether oxygens (including phenoxy) is 1. The van der Waals surface area contributed by atoms with Gasteiger partial charge in [-0.15, -0.1) is 11.3 Å². The predicted octanol–water partition coefficient (Wildman–Crippen LogP) is 1.45. The second-order valence-corrected chi connectivity index (χ2v) is 6.00. The Kier molecular flexibility index (Phi) is 6.09. The lowest BCUT2D eigenvalue weighted by Gasteiger charge is -2.14. The molecule has 1 rings (SSSR count). The molecule has 0 fully saturated rings. The van der Waals surface area contributed by atoms with Gasteiger partial charge in [0.1, 0.15) is 15.6 Å². The smallest absolute Gasteiger partial charge is 0.263 e. The summed E-state index contributed by atoms with van der Waals surface area (Å²) in [5, 5.41) is 6.67. The van der Waals surface area contributed by atoms with Crippen LogP contribution >= 0.6 is 11.3 Å². The number of nitrogen functional groups attached to an aromatic ring is 1. The second kappa shape index (κ2) is 7.35. The van der Waals surface area contributed by atoms with E-state index in [-0.39, 0.29) is 12.0 Å². The lowest BCUT2D eigenvalue weighted by Crippen LogP contribution is -2.20. The van der Waals surface area contributed by atoms with Crippen molar-refractivity contribution in [3.8, 4) is 5.75 Å². The van der Waals surface area contributed by atoms with E-state index in [1.165, 1.54) is 11.3 Å². The highest BCUT2D eigenvalue weighted by atomic mass is 32.1. The highest BCUT2D eigenvalue weighted by Gasteiger charge is 2.22. The van der Waals surface area contributed by atoms with Crippen LogP contribution in [-0.4, -0.2) is 51.1 Å². The fourth-order valence-corrected chi connectivity index (χ4v) is 2.60. The summed E-state index contributed by atoms with van der Waals surface area (Å²) in [6, 6.07) is 0. The average molecular weight is 300 g/mol. The molecule has 1 amide bonds. The van der Waals surface area contributed by atoms with Crippen molar-refractivity contribution < 1.29 is 9.53 Å². The normalized spacial score (nSPS) is 10.9. The van der Waals surface area contributed by atoms with Crippen molar-refractivity contribution >= 4 is 27.9 Å². The lowest BCUT2D eigenvalue weighted by molar-refractivity contribution is 0.0967. The summed E-state index contributed by atoms with van der Waals surface area (Å²) in [5.74, 6) is 0.379. The number of amides is 1. The molecule has 4 N–H and O–H groups in total. The summed E-state index contributed by atoms with van der Waals surface area (Å²) in [7, 11) is 5.60. The molecule has 1 aromatic rings. The van der Waals surface area contributed by atoms with E-state index in [1.807, 2.05) is 27.9 Å². The summed E-state index contributed by atoms with van der Waals surface area (Å²) in [4.78, 5) is 14.4. The summed E-state index contributed by atoms with van der Waals surface area (Å²) in [5.41, 5.74) is 6.43. The summed E-state index contributed by atoms with van der Waals surface area (Å²) < 4.78 is 5.74. The minimum absolute atomic E-state index is 0.00108. The number of anilines is 2. The van der Waals surface area contributed by atoms with E-state index in [1.54, 1.807) is 7.05 Å². The Morgan fingerprint density at radius 2 is 2.10 bits per heavy atom. The van der Waals surface area contributed by atoms with Crippen LogP contribution in [0.2, 0.25) is 0 Å². The van der Waals surface area contributed by atoms with E-state index >= 15 is 0 Å². The monoisotopic (exact) mass is 300 g/mol. The number of carbonyl (C=O) groups is 1. The largest absolute Gasteiger partial charge is 0.486 e. The zero-order valence-electron chi connectivity index (χ0n) is 12.7. The van der Waals surface area contributed by atoms with Crippen molar-refractivity contribution in [2.24, 2.45) is 0 Å². The number of carbonyl (C=O) groups excluding carboxylic acids is 1. The number of hydrogen-bond acceptors (Lipinski definition) is 6. The van der Waals surface area contributed by atoms with Gasteiger partial charge in [-0.2, -0.15) is 0 Å². The standard InChI is InChI=1S/C13H24N4O2S/c1-8(2)19-10-9(14)11(12(18)15-3)20-13(10)16-6-7-17(4)5/h8,16H,6-7,14H2,1-5H3,(H,15,18). The average Bonchev–Trinajstić information content (AvgIpc) is 2.66. The first-order chi connectivity index (χ1) is 9.36. The second-order valence-electron chi connectivity index (χ2n) is 4.98. The Morgan fingerprint density at radius 1 is 1.45 bits per heavy atom. The molecule has 0 atom stereocenters. The highest BCUT2D eigenvalue weighted by molar-refractivity contribution is 7.19. The molecule has 114 valence electrons. The molecule has 0 radical (unpaired) electrons. The number of nitrogens with two attached hydrogens (primary N) is 1. The van der Waals surface area contributed by atoms with Gasteiger partial charge in [0, 0.05) is 20.1 Å². The van der Waals surface area contributed by atoms with E-state index in [0.717, 1.165) is 18.1 Å². The van der Waals surface area contributed by atoms with E-state index in [9.17, 15) is 4.79 Å². The number of likely N-dealkylation sites (N-methyl/N-ethyl adjacent to an activating group) is 1. The van der Waals surface area contributed by atoms with Crippen LogP contribution < -0.4 is 21.1 Å². The van der Waals surface area contributed by atoms with Gasteiger partial charge in [0.25, 0.3) is 5.91 Å². The van der Waals surface area contributed by atoms with Crippen LogP contribution in [0.15, 0.2) is 0 Å². The first kappa shape index (κ1) is 16.6. The van der Waals surface area contributed by atoms with Crippen LogP contribution in [0.1, 0.15) is 23.5 Å². The number of nitrogens with zero attached hydrogens (tertiary/aromatic N) is 1. The Balaban J connectivity index is 2.97. The van der Waals surface area contributed by atoms with Crippen LogP contribution in [0.4, 0.5) is 10.7 Å². The Morgan fingerprint density at radius 3 is 2.60 bits per heavy atom. The van der Waals surface area contributed by atoms with Gasteiger partial charge in [-0.3, -0.25) is 4.79 Å². The van der Waals surface area contributed by atoms with Crippen molar-refractivity contribution in [1.82, 2.24) is 10.2 Å². The number of nitrogens with one attached hydrogen (secondary N) is 2. The molecule has 0 aromatic carbocycles. The Bertz CT molecular complexity index is 457. The third-order valence-electron chi connectivity index (χ3n) is 2.53. The number of hydrogen-bond donors (Lipinski definition) is 3. The maximum absolute atomic E-state index is 11.8. The van der Waals surface area contributed by atoms with Gasteiger partial charge in [-0.1, -0.05) is 0 Å². The Labute approximate surface area is 124 Å². The van der Waals surface area contributed by atoms with E-state index in [2.05, 4.69) is 15.5 Å². The molecule has 0 saturated heterocycles. The zero-order valence-corrected chi connectivity index (χ0v) is 13.6. The molecule has 0 aliphatic carbocycles. The van der Waals surface area contributed by atoms with Crippen LogP contribution in [-0.2, 0) is 0 Å². The van der Waals surface area contributed by atoms with Gasteiger partial charge in [-0.25, -0.2) is 0 Å². The maximum atomic E-state index is 11.8. The van der Waals surface area contributed by atoms with E-state index in [4.69, 9.17) is 10.5 Å². The molecule has 0 spiro atoms. The molecule has 0 bridgehead atoms. The van der Waals surface area contributed by atoms with Crippen molar-refractivity contribution in [1.29, 1.82) is 0 Å². The SMILES string of the molecule is CNC(=O)c1sc(NCCN(C)C)c(OC(C)C)c1N. The van der Waals surface area contributed by atoms with Gasteiger partial charge >= 0.3 is 0 Å². The highest BCUT2D eigenvalue weighted by Crippen LogP contribution is 2.43. The van der Waals surface area contributed by atoms with Crippen molar-refractivity contribution in [3.63, 3.8) is 0 Å². The molecule has 20 heavy (non-hydrogen) atoms. The predicted molar refractivity (Wildman–Crippen MR) is 84.9 cm³/mol. The molecular weight excluding hydrogens is 276 g/mol. The molecule has 1 aromatic heterocycles. The van der Waals surface area contributed by atoms with Gasteiger partial charge < -0.3 is 26.0 Å². The van der Waals surface area contributed by atoms with Crippen molar-refractivity contribution in [2.75, 3.05) is 45.3 Å². The van der Waals surface area contributed by atoms with Gasteiger partial charge in [0.05, 0.1) is 6.10 Å². The Hall–Kier alpha value is -1.47. The zero-order chi connectivity index (χ0) is 15.3. The molecular formula is C13H24N4O2S. The molecule has 0 aliphatic rings. The summed E-state index contributed by atoms with van der Waals surface area (Å²) in [6.45, 7) is 5.50. The molecule has 7 heteroatoms. The van der Waals surface area contributed by atoms with Crippen LogP contribution in [0.5, 0.6) is 5.75 Å². The first-order valence-corrected chi connectivity index (χ1v) is 7.38. The quantitative estimate of drug-likeness (QED) is 0.710. The minimum atomic E-state index is -0.193. The van der Waals surface area contributed by atoms with Crippen LogP contribution in [0.3, 0.4) is 0 Å². The molecule has 0 saturated carbocycles. The third kappa shape index (κ3) is 4.28. The van der Waals surface area contributed by atoms with Gasteiger partial charge in [0.2, 0.25) is 0 Å². The van der Waals surface area contributed by atoms with E-state index < -0.39 is 0 Å². The van der Waals surface area contributed by atoms with E-state index in [0.29, 0.717) is 16.3 Å². The fourth-order valence-electron chi connectivity index (χ4n) is 1.57. The molecule has 0 aliphatic heterocycles. The van der Waals surface area contributed by atoms with Crippen LogP contribution in [0.25, 0.3) is 0 Å². The molecule has 0 unspecified atom stereocenters. The van der Waals surface area contributed by atoms with Crippen LogP contribution in [0, 0.1) is 0 Å². The van der Waals surface area contributed by atoms with Gasteiger partial charge in [-0.05, 0) is 27.9 Å². The van der Waals surface area contributed by atoms with Crippen molar-refractivity contribution in [2.45, 2.75) is 20.0 Å². The molecule has 1 heterocycles. The topological polar surface area (TPSA) is 79.6 Å². The third-order valence-corrected chi connectivity index (χ3v) is 3.67. The lowest BCUT2D eigenvalue weighted by atomic mass is 10.3. The first-order valence-electron chi connectivity index (χ1n) is 6.56.